The van der Waals surface area contributed by atoms with Gasteiger partial charge in [0.15, 0.2) is 17.3 Å². The summed E-state index contributed by atoms with van der Waals surface area (Å²) < 4.78 is 32.1. The van der Waals surface area contributed by atoms with Gasteiger partial charge in [-0.05, 0) is 105 Å². The fourth-order valence-corrected chi connectivity index (χ4v) is 8.45. The number of halogens is 3. The Kier molecular flexibility index (Phi) is 14.9. The predicted octanol–water partition coefficient (Wildman–Crippen LogP) is 8.04. The number of hydrogen-bond donors (Lipinski definition) is 2. The maximum absolute atomic E-state index is 14.1. The van der Waals surface area contributed by atoms with Gasteiger partial charge >= 0.3 is 11.9 Å². The highest BCUT2D eigenvalue weighted by Crippen LogP contribution is 2.43. The summed E-state index contributed by atoms with van der Waals surface area (Å²) in [6.45, 7) is 3.80. The molecule has 0 radical (unpaired) electrons. The van der Waals surface area contributed by atoms with E-state index in [-0.39, 0.29) is 28.8 Å². The number of Topliss-reactive ketones (excluding diaryl/α,β-unsaturated/α-hetero) is 1. The third-order valence-electron chi connectivity index (χ3n) is 11.4. The first-order valence-electron chi connectivity index (χ1n) is 19.9. The van der Waals surface area contributed by atoms with Crippen LogP contribution in [-0.4, -0.2) is 107 Å². The number of carbonyl (C=O) groups is 4. The van der Waals surface area contributed by atoms with Crippen molar-refractivity contribution in [3.8, 4) is 17.2 Å². The van der Waals surface area contributed by atoms with Gasteiger partial charge in [0.25, 0.3) is 5.91 Å². The second kappa shape index (κ2) is 20.3. The quantitative estimate of drug-likeness (QED) is 0.0821. The number of ketones is 1. The summed E-state index contributed by atoms with van der Waals surface area (Å²) in [6.07, 6.45) is 4.08. The molecule has 2 saturated heterocycles. The van der Waals surface area contributed by atoms with E-state index < -0.39 is 11.9 Å². The molecule has 326 valence electrons. The maximum Gasteiger partial charge on any atom is 0.328 e. The summed E-state index contributed by atoms with van der Waals surface area (Å²) in [6, 6.07) is 23.3. The van der Waals surface area contributed by atoms with Gasteiger partial charge in [-0.2, -0.15) is 0 Å². The number of imidazole rings is 1. The number of carboxylic acid groups (broad SMARTS) is 2. The Hall–Kier alpha value is -5.96. The lowest BCUT2D eigenvalue weighted by atomic mass is 9.76. The average Bonchev–Trinajstić information content (AvgIpc) is 3.88. The highest BCUT2D eigenvalue weighted by Gasteiger charge is 2.42. The number of hydrogen-bond acceptors (Lipinski definition) is 9. The lowest BCUT2D eigenvalue weighted by Gasteiger charge is -2.36. The number of benzene rings is 4. The zero-order valence-electron chi connectivity index (χ0n) is 34.5. The molecule has 62 heavy (non-hydrogen) atoms. The van der Waals surface area contributed by atoms with Crippen LogP contribution in [0.3, 0.4) is 0 Å². The Balaban J connectivity index is 0.000000730. The second-order valence-corrected chi connectivity index (χ2v) is 16.0. The summed E-state index contributed by atoms with van der Waals surface area (Å²) in [4.78, 5) is 56.3. The highest BCUT2D eigenvalue weighted by molar-refractivity contribution is 6.42. The smallest absolute Gasteiger partial charge is 0.328 e. The Labute approximate surface area is 368 Å². The SMILES string of the molecule is COc1cc(C(=O)N2CCC(CCN3CCC(C(=O)c4nc5ccccc5n4Cc4ccc(F)cc4)CC3)(c3ccc(Cl)c(Cl)c3)C2)cc(OC)c1OC.O=C(O)/C=C\C(=O)O. The monoisotopic (exact) mass is 888 g/mol. The van der Waals surface area contributed by atoms with Gasteiger partial charge in [0.05, 0.1) is 42.4 Å². The fourth-order valence-electron chi connectivity index (χ4n) is 8.16. The molecule has 1 amide bonds. The fraction of sp³-hybridized carbons (Fsp3) is 0.326. The van der Waals surface area contributed by atoms with Gasteiger partial charge in [0.1, 0.15) is 5.82 Å². The summed E-state index contributed by atoms with van der Waals surface area (Å²) in [7, 11) is 4.59. The van der Waals surface area contributed by atoms with Crippen molar-refractivity contribution in [2.75, 3.05) is 54.1 Å². The number of amides is 1. The summed E-state index contributed by atoms with van der Waals surface area (Å²) in [5.74, 6) is -1.35. The first-order chi connectivity index (χ1) is 29.7. The number of aliphatic carboxylic acids is 2. The van der Waals surface area contributed by atoms with E-state index in [1.807, 2.05) is 51.9 Å². The summed E-state index contributed by atoms with van der Waals surface area (Å²) in [5.41, 5.74) is 3.68. The first kappa shape index (κ1) is 45.6. The van der Waals surface area contributed by atoms with Gasteiger partial charge in [-0.3, -0.25) is 9.59 Å². The van der Waals surface area contributed by atoms with Crippen molar-refractivity contribution in [2.45, 2.75) is 37.6 Å². The molecule has 0 aliphatic carbocycles. The molecule has 5 aromatic rings. The van der Waals surface area contributed by atoms with Crippen LogP contribution in [0.15, 0.2) is 91.0 Å². The van der Waals surface area contributed by atoms with Crippen molar-refractivity contribution in [3.05, 3.63) is 129 Å². The number of carbonyl (C=O) groups excluding carboxylic acids is 2. The zero-order valence-corrected chi connectivity index (χ0v) is 36.0. The van der Waals surface area contributed by atoms with E-state index in [9.17, 15) is 23.6 Å². The number of nitrogens with zero attached hydrogens (tertiary/aromatic N) is 4. The standard InChI is InChI=1S/C42H43Cl2FN4O5.C4H4O4/c1-52-36-22-29(23-37(53-2)39(36)54-3)41(51)48-21-17-42(26-48,30-10-13-32(43)33(44)24-30)16-20-47-18-14-28(15-19-47)38(50)40-46-34-6-4-5-7-35(34)49(40)25-27-8-11-31(45)12-9-27;5-3(6)1-2-4(7)8/h4-13,22-24,28H,14-21,25-26H2,1-3H3;1-2H,(H,5,6)(H,7,8)/b;2-1-. The third-order valence-corrected chi connectivity index (χ3v) is 12.2. The minimum atomic E-state index is -1.26. The second-order valence-electron chi connectivity index (χ2n) is 15.2. The van der Waals surface area contributed by atoms with E-state index in [1.165, 1.54) is 33.5 Å². The van der Waals surface area contributed by atoms with Gasteiger partial charge < -0.3 is 38.8 Å². The Bertz CT molecular complexity index is 2430. The zero-order chi connectivity index (χ0) is 44.6. The van der Waals surface area contributed by atoms with Gasteiger partial charge in [0.2, 0.25) is 11.5 Å². The van der Waals surface area contributed by atoms with Crippen LogP contribution in [0, 0.1) is 11.7 Å². The molecular weight excluding hydrogens is 842 g/mol. The number of aromatic nitrogens is 2. The molecule has 16 heteroatoms. The van der Waals surface area contributed by atoms with Crippen LogP contribution in [0.4, 0.5) is 4.39 Å². The molecule has 0 spiro atoms. The Morgan fingerprint density at radius 2 is 1.48 bits per heavy atom. The molecular formula is C46H47Cl2FN4O9. The van der Waals surface area contributed by atoms with Gasteiger partial charge in [0, 0.05) is 48.7 Å². The molecule has 7 rings (SSSR count). The number of methoxy groups -OCH3 is 3. The van der Waals surface area contributed by atoms with Crippen molar-refractivity contribution in [1.82, 2.24) is 19.4 Å². The largest absolute Gasteiger partial charge is 0.493 e. The molecule has 1 unspecified atom stereocenters. The van der Waals surface area contributed by atoms with E-state index in [1.54, 1.807) is 24.3 Å². The van der Waals surface area contributed by atoms with Crippen molar-refractivity contribution < 1.29 is 48.0 Å². The van der Waals surface area contributed by atoms with Crippen LogP contribution < -0.4 is 14.2 Å². The van der Waals surface area contributed by atoms with Crippen LogP contribution in [0.25, 0.3) is 11.0 Å². The first-order valence-corrected chi connectivity index (χ1v) is 20.7. The topological polar surface area (TPSA) is 161 Å². The molecule has 2 N–H and O–H groups in total. The molecule has 3 heterocycles. The molecule has 1 aromatic heterocycles. The lowest BCUT2D eigenvalue weighted by Crippen LogP contribution is -2.41. The molecule has 13 nitrogen and oxygen atoms in total. The normalized spacial score (nSPS) is 16.8. The third kappa shape index (κ3) is 10.6. The van der Waals surface area contributed by atoms with Gasteiger partial charge in [-0.1, -0.05) is 53.5 Å². The number of ether oxygens (including phenoxy) is 3. The van der Waals surface area contributed by atoms with E-state index >= 15 is 0 Å². The number of likely N-dealkylation sites (tertiary alicyclic amines) is 2. The lowest BCUT2D eigenvalue weighted by molar-refractivity contribution is -0.134. The molecule has 2 aliphatic heterocycles. The van der Waals surface area contributed by atoms with E-state index in [0.29, 0.717) is 83.3 Å². The Morgan fingerprint density at radius 3 is 2.08 bits per heavy atom. The summed E-state index contributed by atoms with van der Waals surface area (Å²) in [5, 5.41) is 16.6. The van der Waals surface area contributed by atoms with Crippen molar-refractivity contribution in [2.24, 2.45) is 5.92 Å². The molecule has 1 atom stereocenters. The minimum Gasteiger partial charge on any atom is -0.493 e. The molecule has 2 aliphatic rings. The summed E-state index contributed by atoms with van der Waals surface area (Å²) >= 11 is 12.9. The minimum absolute atomic E-state index is 0.0389. The number of fused-ring (bicyclic) bond motifs is 1. The van der Waals surface area contributed by atoms with Crippen LogP contribution in [-0.2, 0) is 21.5 Å². The van der Waals surface area contributed by atoms with Crippen molar-refractivity contribution in [3.63, 3.8) is 0 Å². The molecule has 0 saturated carbocycles. The predicted molar refractivity (Wildman–Crippen MR) is 233 cm³/mol. The van der Waals surface area contributed by atoms with Crippen molar-refractivity contribution in [1.29, 1.82) is 0 Å². The highest BCUT2D eigenvalue weighted by atomic mass is 35.5. The van der Waals surface area contributed by atoms with E-state index in [4.69, 9.17) is 52.6 Å². The van der Waals surface area contributed by atoms with Crippen molar-refractivity contribution >= 4 is 57.9 Å². The number of piperidine rings is 1. The average molecular weight is 890 g/mol. The van der Waals surface area contributed by atoms with Crippen LogP contribution in [0.5, 0.6) is 17.2 Å². The van der Waals surface area contributed by atoms with Crippen LogP contribution in [0.1, 0.15) is 57.8 Å². The number of para-hydroxylation sites is 2. The van der Waals surface area contributed by atoms with Gasteiger partial charge in [-0.15, -0.1) is 0 Å². The van der Waals surface area contributed by atoms with Gasteiger partial charge in [-0.25, -0.2) is 19.0 Å². The maximum atomic E-state index is 14.1. The number of carboxylic acids is 2. The van der Waals surface area contributed by atoms with Crippen LogP contribution in [0.2, 0.25) is 10.0 Å². The van der Waals surface area contributed by atoms with E-state index in [2.05, 4.69) is 4.90 Å². The number of rotatable bonds is 14. The molecule has 4 aromatic carbocycles. The van der Waals surface area contributed by atoms with E-state index in [0.717, 1.165) is 54.6 Å². The molecule has 2 fully saturated rings. The molecule has 0 bridgehead atoms. The Morgan fingerprint density at radius 1 is 0.839 bits per heavy atom. The van der Waals surface area contributed by atoms with Crippen LogP contribution >= 0.6 is 23.2 Å².